The van der Waals surface area contributed by atoms with Crippen LogP contribution in [0.5, 0.6) is 0 Å². The topological polar surface area (TPSA) is 50.9 Å². The molecule has 0 aliphatic carbocycles. The minimum absolute atomic E-state index is 0.383. The lowest BCUT2D eigenvalue weighted by atomic mass is 9.90. The third-order valence-corrected chi connectivity index (χ3v) is 2.97. The normalized spacial score (nSPS) is 11.7. The highest BCUT2D eigenvalue weighted by Gasteiger charge is 2.13. The Labute approximate surface area is 98.5 Å². The summed E-state index contributed by atoms with van der Waals surface area (Å²) < 4.78 is 0. The van der Waals surface area contributed by atoms with Crippen LogP contribution in [0, 0.1) is 5.41 Å². The summed E-state index contributed by atoms with van der Waals surface area (Å²) in [6, 6.07) is 3.89. The van der Waals surface area contributed by atoms with Gasteiger partial charge < -0.3 is 11.1 Å². The number of nitrogens with one attached hydrogen (secondary N) is 1. The van der Waals surface area contributed by atoms with Crippen molar-refractivity contribution in [3.05, 3.63) is 24.0 Å². The van der Waals surface area contributed by atoms with Gasteiger partial charge in [-0.05, 0) is 24.0 Å². The van der Waals surface area contributed by atoms with Crippen LogP contribution in [0.15, 0.2) is 18.3 Å². The fraction of sp³-hybridized carbons (Fsp3) is 0.615. The molecule has 0 aliphatic heterocycles. The maximum Gasteiger partial charge on any atom is 0.0501 e. The molecule has 3 N–H and O–H groups in total. The van der Waals surface area contributed by atoms with Gasteiger partial charge in [0.15, 0.2) is 0 Å². The second-order valence-electron chi connectivity index (χ2n) is 5.03. The molecule has 0 saturated carbocycles. The Morgan fingerprint density at radius 2 is 2.12 bits per heavy atom. The minimum Gasteiger partial charge on any atom is -0.397 e. The summed E-state index contributed by atoms with van der Waals surface area (Å²) in [7, 11) is 0. The lowest BCUT2D eigenvalue weighted by molar-refractivity contribution is 0.329. The van der Waals surface area contributed by atoms with E-state index in [-0.39, 0.29) is 0 Å². The van der Waals surface area contributed by atoms with Crippen molar-refractivity contribution < 1.29 is 0 Å². The van der Waals surface area contributed by atoms with Gasteiger partial charge in [-0.25, -0.2) is 0 Å². The standard InChI is InChI=1S/C13H23N3/c1-4-13(2,3)10-15-8-7-12-6-5-11(14)9-16-12/h5-6,9,15H,4,7-8,10,14H2,1-3H3. The summed E-state index contributed by atoms with van der Waals surface area (Å²) >= 11 is 0. The molecule has 16 heavy (non-hydrogen) atoms. The van der Waals surface area contributed by atoms with Crippen LogP contribution in [0.4, 0.5) is 5.69 Å². The highest BCUT2D eigenvalue weighted by Crippen LogP contribution is 2.17. The fourth-order valence-corrected chi connectivity index (χ4v) is 1.35. The van der Waals surface area contributed by atoms with Crippen molar-refractivity contribution >= 4 is 5.69 Å². The number of aromatic nitrogens is 1. The molecular formula is C13H23N3. The van der Waals surface area contributed by atoms with Crippen LogP contribution >= 0.6 is 0 Å². The zero-order chi connectivity index (χ0) is 12.0. The summed E-state index contributed by atoms with van der Waals surface area (Å²) in [6.07, 6.45) is 3.87. The Morgan fingerprint density at radius 1 is 1.38 bits per heavy atom. The van der Waals surface area contributed by atoms with Gasteiger partial charge in [-0.1, -0.05) is 20.8 Å². The van der Waals surface area contributed by atoms with E-state index in [1.54, 1.807) is 6.20 Å². The number of rotatable bonds is 6. The Kier molecular flexibility index (Phi) is 4.74. The second kappa shape index (κ2) is 5.85. The van der Waals surface area contributed by atoms with Gasteiger partial charge in [-0.15, -0.1) is 0 Å². The lowest BCUT2D eigenvalue weighted by Crippen LogP contribution is -2.30. The molecule has 1 rings (SSSR count). The first-order valence-electron chi connectivity index (χ1n) is 5.94. The van der Waals surface area contributed by atoms with Crippen molar-refractivity contribution in [1.82, 2.24) is 10.3 Å². The summed E-state index contributed by atoms with van der Waals surface area (Å²) in [6.45, 7) is 8.81. The molecule has 0 radical (unpaired) electrons. The molecule has 0 unspecified atom stereocenters. The van der Waals surface area contributed by atoms with Gasteiger partial charge in [0, 0.05) is 25.2 Å². The molecule has 0 fully saturated rings. The molecule has 0 amide bonds. The number of anilines is 1. The van der Waals surface area contributed by atoms with Crippen molar-refractivity contribution in [2.24, 2.45) is 5.41 Å². The molecule has 3 nitrogen and oxygen atoms in total. The number of hydrogen-bond acceptors (Lipinski definition) is 3. The lowest BCUT2D eigenvalue weighted by Gasteiger charge is -2.22. The summed E-state index contributed by atoms with van der Waals surface area (Å²) in [5, 5.41) is 3.47. The SMILES string of the molecule is CCC(C)(C)CNCCc1ccc(N)cn1. The highest BCUT2D eigenvalue weighted by atomic mass is 14.9. The molecule has 0 spiro atoms. The second-order valence-corrected chi connectivity index (χ2v) is 5.03. The van der Waals surface area contributed by atoms with E-state index in [1.165, 1.54) is 6.42 Å². The first-order chi connectivity index (χ1) is 7.53. The smallest absolute Gasteiger partial charge is 0.0501 e. The van der Waals surface area contributed by atoms with Crippen molar-refractivity contribution in [2.45, 2.75) is 33.6 Å². The number of nitrogen functional groups attached to an aromatic ring is 1. The van der Waals surface area contributed by atoms with Gasteiger partial charge in [-0.2, -0.15) is 0 Å². The predicted octanol–water partition coefficient (Wildman–Crippen LogP) is 2.23. The van der Waals surface area contributed by atoms with E-state index >= 15 is 0 Å². The zero-order valence-corrected chi connectivity index (χ0v) is 10.6. The molecule has 3 heteroatoms. The highest BCUT2D eigenvalue weighted by molar-refractivity contribution is 5.34. The van der Waals surface area contributed by atoms with Gasteiger partial charge in [0.05, 0.1) is 11.9 Å². The van der Waals surface area contributed by atoms with Crippen molar-refractivity contribution in [3.63, 3.8) is 0 Å². The largest absolute Gasteiger partial charge is 0.397 e. The van der Waals surface area contributed by atoms with E-state index < -0.39 is 0 Å². The predicted molar refractivity (Wildman–Crippen MR) is 69.3 cm³/mol. The van der Waals surface area contributed by atoms with E-state index in [0.29, 0.717) is 5.41 Å². The fourth-order valence-electron chi connectivity index (χ4n) is 1.35. The quantitative estimate of drug-likeness (QED) is 0.724. The van der Waals surface area contributed by atoms with Crippen LogP contribution < -0.4 is 11.1 Å². The molecule has 1 aromatic heterocycles. The molecule has 0 atom stereocenters. The summed E-state index contributed by atoms with van der Waals surface area (Å²) in [4.78, 5) is 4.27. The van der Waals surface area contributed by atoms with Crippen LogP contribution in [-0.2, 0) is 6.42 Å². The average Bonchev–Trinajstić information content (AvgIpc) is 2.27. The molecule has 0 aromatic carbocycles. The molecular weight excluding hydrogens is 198 g/mol. The molecule has 0 bridgehead atoms. The Morgan fingerprint density at radius 3 is 2.69 bits per heavy atom. The van der Waals surface area contributed by atoms with Crippen molar-refractivity contribution in [1.29, 1.82) is 0 Å². The number of nitrogens with zero attached hydrogens (tertiary/aromatic N) is 1. The molecule has 90 valence electrons. The first-order valence-corrected chi connectivity index (χ1v) is 5.94. The van der Waals surface area contributed by atoms with Crippen LogP contribution in [0.2, 0.25) is 0 Å². The first kappa shape index (κ1) is 13.0. The van der Waals surface area contributed by atoms with E-state index in [1.807, 2.05) is 12.1 Å². The molecule has 1 aromatic rings. The van der Waals surface area contributed by atoms with Crippen LogP contribution in [0.1, 0.15) is 32.9 Å². The van der Waals surface area contributed by atoms with Gasteiger partial charge in [0.1, 0.15) is 0 Å². The maximum atomic E-state index is 5.58. The summed E-state index contributed by atoms with van der Waals surface area (Å²) in [5.41, 5.74) is 7.78. The van der Waals surface area contributed by atoms with Crippen molar-refractivity contribution in [2.75, 3.05) is 18.8 Å². The number of pyridine rings is 1. The molecule has 0 saturated heterocycles. The van der Waals surface area contributed by atoms with E-state index in [4.69, 9.17) is 5.73 Å². The van der Waals surface area contributed by atoms with E-state index in [2.05, 4.69) is 31.1 Å². The monoisotopic (exact) mass is 221 g/mol. The number of hydrogen-bond donors (Lipinski definition) is 2. The van der Waals surface area contributed by atoms with E-state index in [9.17, 15) is 0 Å². The third-order valence-electron chi connectivity index (χ3n) is 2.97. The van der Waals surface area contributed by atoms with Crippen LogP contribution in [0.25, 0.3) is 0 Å². The third kappa shape index (κ3) is 4.62. The van der Waals surface area contributed by atoms with Crippen LogP contribution in [0.3, 0.4) is 0 Å². The zero-order valence-electron chi connectivity index (χ0n) is 10.6. The summed E-state index contributed by atoms with van der Waals surface area (Å²) in [5.74, 6) is 0. The Bertz CT molecular complexity index is 303. The molecule has 0 aliphatic rings. The van der Waals surface area contributed by atoms with Gasteiger partial charge >= 0.3 is 0 Å². The number of nitrogens with two attached hydrogens (primary N) is 1. The molecule has 1 heterocycles. The van der Waals surface area contributed by atoms with Gasteiger partial charge in [0.2, 0.25) is 0 Å². The minimum atomic E-state index is 0.383. The Balaban J connectivity index is 2.23. The Hall–Kier alpha value is -1.09. The van der Waals surface area contributed by atoms with Crippen LogP contribution in [-0.4, -0.2) is 18.1 Å². The maximum absolute atomic E-state index is 5.58. The van der Waals surface area contributed by atoms with Gasteiger partial charge in [-0.3, -0.25) is 4.98 Å². The van der Waals surface area contributed by atoms with Gasteiger partial charge in [0.25, 0.3) is 0 Å². The average molecular weight is 221 g/mol. The van der Waals surface area contributed by atoms with E-state index in [0.717, 1.165) is 30.9 Å². The van der Waals surface area contributed by atoms with Crippen molar-refractivity contribution in [3.8, 4) is 0 Å².